The maximum atomic E-state index is 13.5. The second kappa shape index (κ2) is 4.21. The summed E-state index contributed by atoms with van der Waals surface area (Å²) < 4.78 is 0. The fourth-order valence-corrected chi connectivity index (χ4v) is 8.38. The van der Waals surface area contributed by atoms with Crippen LogP contribution in [0.15, 0.2) is 0 Å². The lowest BCUT2D eigenvalue weighted by atomic mass is 9.49. The van der Waals surface area contributed by atoms with Gasteiger partial charge in [0.25, 0.3) is 0 Å². The van der Waals surface area contributed by atoms with E-state index in [-0.39, 0.29) is 23.1 Å². The highest BCUT2D eigenvalue weighted by molar-refractivity contribution is 6.01. The molecule has 0 spiro atoms. The van der Waals surface area contributed by atoms with E-state index >= 15 is 0 Å². The molecule has 7 rings (SSSR count). The Balaban J connectivity index is 1.30. The maximum Gasteiger partial charge on any atom is 0.235 e. The number of fused-ring (bicyclic) bond motifs is 5. The van der Waals surface area contributed by atoms with Gasteiger partial charge in [0.15, 0.2) is 0 Å². The summed E-state index contributed by atoms with van der Waals surface area (Å²) in [6, 6.07) is 0. The molecule has 7 aliphatic rings. The van der Waals surface area contributed by atoms with Gasteiger partial charge in [0.2, 0.25) is 11.8 Å². The molecule has 23 heavy (non-hydrogen) atoms. The fourth-order valence-electron chi connectivity index (χ4n) is 8.38. The average molecular weight is 313 g/mol. The topological polar surface area (TPSA) is 37.4 Å². The summed E-state index contributed by atoms with van der Waals surface area (Å²) in [5, 5.41) is 0. The normalized spacial score (nSPS) is 55.7. The van der Waals surface area contributed by atoms with Gasteiger partial charge in [-0.2, -0.15) is 0 Å². The predicted molar refractivity (Wildman–Crippen MR) is 85.1 cm³/mol. The van der Waals surface area contributed by atoms with Crippen LogP contribution in [-0.2, 0) is 9.59 Å². The lowest BCUT2D eigenvalue weighted by molar-refractivity contribution is -0.162. The molecule has 1 saturated heterocycles. The van der Waals surface area contributed by atoms with Crippen molar-refractivity contribution in [3.05, 3.63) is 0 Å². The Bertz CT molecular complexity index is 561. The largest absolute Gasteiger partial charge is 0.282 e. The van der Waals surface area contributed by atoms with Crippen molar-refractivity contribution in [1.82, 2.24) is 4.90 Å². The third-order valence-corrected chi connectivity index (χ3v) is 8.77. The Hall–Kier alpha value is -0.860. The first kappa shape index (κ1) is 13.4. The van der Waals surface area contributed by atoms with Gasteiger partial charge in [0, 0.05) is 12.5 Å². The number of likely N-dealkylation sites (tertiary alicyclic amines) is 1. The first-order valence-corrected chi connectivity index (χ1v) is 9.99. The lowest BCUT2D eigenvalue weighted by Gasteiger charge is -2.56. The van der Waals surface area contributed by atoms with Gasteiger partial charge in [-0.3, -0.25) is 14.5 Å². The van der Waals surface area contributed by atoms with E-state index in [1.807, 2.05) is 0 Å². The molecule has 0 aromatic carbocycles. The van der Waals surface area contributed by atoms with Crippen molar-refractivity contribution < 1.29 is 9.59 Å². The van der Waals surface area contributed by atoms with Crippen LogP contribution >= 0.6 is 0 Å². The van der Waals surface area contributed by atoms with Crippen molar-refractivity contribution >= 4 is 11.8 Å². The van der Waals surface area contributed by atoms with Gasteiger partial charge < -0.3 is 0 Å². The van der Waals surface area contributed by atoms with Gasteiger partial charge in [0.05, 0.1) is 5.41 Å². The summed E-state index contributed by atoms with van der Waals surface area (Å²) in [5.41, 5.74) is -0.137. The van der Waals surface area contributed by atoms with E-state index in [2.05, 4.69) is 0 Å². The minimum absolute atomic E-state index is 0.137. The molecule has 0 aromatic rings. The number of nitrogens with zero attached hydrogens (tertiary/aromatic N) is 1. The molecule has 1 aliphatic heterocycles. The third-order valence-electron chi connectivity index (χ3n) is 8.77. The van der Waals surface area contributed by atoms with Crippen molar-refractivity contribution in [1.29, 1.82) is 0 Å². The number of carbonyl (C=O) groups excluding carboxylic acids is 2. The second-order valence-electron chi connectivity index (χ2n) is 9.97. The highest BCUT2D eigenvalue weighted by atomic mass is 16.2. The highest BCUT2D eigenvalue weighted by Gasteiger charge is 2.61. The van der Waals surface area contributed by atoms with Gasteiger partial charge in [-0.1, -0.05) is 0 Å². The summed E-state index contributed by atoms with van der Waals surface area (Å²) in [6.45, 7) is 0.769. The van der Waals surface area contributed by atoms with Gasteiger partial charge >= 0.3 is 0 Å². The molecule has 4 unspecified atom stereocenters. The third kappa shape index (κ3) is 1.62. The molecule has 0 aromatic heterocycles. The molecule has 3 nitrogen and oxygen atoms in total. The molecule has 1 heterocycles. The molecular formula is C20H27NO2. The summed E-state index contributed by atoms with van der Waals surface area (Å²) >= 11 is 0. The van der Waals surface area contributed by atoms with Crippen LogP contribution < -0.4 is 0 Å². The molecular weight excluding hydrogens is 286 g/mol. The predicted octanol–water partition coefficient (Wildman–Crippen LogP) is 3.23. The quantitative estimate of drug-likeness (QED) is 0.697. The zero-order valence-corrected chi connectivity index (χ0v) is 13.9. The molecule has 3 heteroatoms. The number of rotatable bonds is 1. The minimum Gasteiger partial charge on any atom is -0.282 e. The molecule has 6 aliphatic carbocycles. The Morgan fingerprint density at radius 1 is 0.913 bits per heavy atom. The van der Waals surface area contributed by atoms with E-state index in [4.69, 9.17) is 0 Å². The van der Waals surface area contributed by atoms with Crippen LogP contribution in [0.2, 0.25) is 0 Å². The molecule has 2 amide bonds. The first-order valence-electron chi connectivity index (χ1n) is 9.99. The number of imide groups is 1. The van der Waals surface area contributed by atoms with Crippen LogP contribution in [0, 0.1) is 46.8 Å². The molecule has 4 atom stereocenters. The van der Waals surface area contributed by atoms with E-state index < -0.39 is 0 Å². The Kier molecular flexibility index (Phi) is 2.46. The van der Waals surface area contributed by atoms with E-state index in [0.29, 0.717) is 11.8 Å². The SMILES string of the molecule is O=C1C2C3CCC(C3)C2CN1C(=O)C12CC3CC(CC(C3)C1)C2. The molecule has 7 fully saturated rings. The highest BCUT2D eigenvalue weighted by Crippen LogP contribution is 2.62. The van der Waals surface area contributed by atoms with E-state index in [1.54, 1.807) is 4.90 Å². The van der Waals surface area contributed by atoms with Crippen molar-refractivity contribution in [2.24, 2.45) is 46.8 Å². The average Bonchev–Trinajstić information content (AvgIpc) is 3.18. The van der Waals surface area contributed by atoms with Gasteiger partial charge in [0.1, 0.15) is 0 Å². The molecule has 0 N–H and O–H groups in total. The van der Waals surface area contributed by atoms with Gasteiger partial charge in [-0.05, 0) is 93.3 Å². The van der Waals surface area contributed by atoms with Crippen LogP contribution in [0.4, 0.5) is 0 Å². The van der Waals surface area contributed by atoms with Crippen LogP contribution in [0.1, 0.15) is 57.8 Å². The van der Waals surface area contributed by atoms with Crippen LogP contribution in [-0.4, -0.2) is 23.3 Å². The molecule has 0 radical (unpaired) electrons. The summed E-state index contributed by atoms with van der Waals surface area (Å²) in [7, 11) is 0. The first-order chi connectivity index (χ1) is 11.1. The Morgan fingerprint density at radius 3 is 2.13 bits per heavy atom. The van der Waals surface area contributed by atoms with Crippen molar-refractivity contribution in [3.8, 4) is 0 Å². The molecule has 6 saturated carbocycles. The maximum absolute atomic E-state index is 13.5. The minimum atomic E-state index is -0.137. The summed E-state index contributed by atoms with van der Waals surface area (Å²) in [4.78, 5) is 28.3. The number of carbonyl (C=O) groups is 2. The zero-order valence-electron chi connectivity index (χ0n) is 13.9. The number of hydrogen-bond acceptors (Lipinski definition) is 2. The van der Waals surface area contributed by atoms with Crippen LogP contribution in [0.5, 0.6) is 0 Å². The summed E-state index contributed by atoms with van der Waals surface area (Å²) in [6.07, 6.45) is 11.1. The van der Waals surface area contributed by atoms with E-state index in [9.17, 15) is 9.59 Å². The van der Waals surface area contributed by atoms with Crippen molar-refractivity contribution in [3.63, 3.8) is 0 Å². The Labute approximate surface area is 138 Å². The van der Waals surface area contributed by atoms with E-state index in [1.165, 1.54) is 38.5 Å². The van der Waals surface area contributed by atoms with Crippen LogP contribution in [0.25, 0.3) is 0 Å². The number of hydrogen-bond donors (Lipinski definition) is 0. The zero-order chi connectivity index (χ0) is 15.3. The van der Waals surface area contributed by atoms with Gasteiger partial charge in [-0.25, -0.2) is 0 Å². The second-order valence-corrected chi connectivity index (χ2v) is 9.97. The standard InChI is InChI=1S/C20H27NO2/c22-18-17-15-2-1-14(6-15)16(17)10-21(18)19(23)20-7-11-3-12(8-20)5-13(4-11)9-20/h11-17H,1-10H2. The number of amides is 2. The summed E-state index contributed by atoms with van der Waals surface area (Å²) in [5.74, 6) is 4.88. The van der Waals surface area contributed by atoms with E-state index in [0.717, 1.165) is 49.5 Å². The van der Waals surface area contributed by atoms with Crippen LogP contribution in [0.3, 0.4) is 0 Å². The fraction of sp³-hybridized carbons (Fsp3) is 0.900. The monoisotopic (exact) mass is 313 g/mol. The Morgan fingerprint density at radius 2 is 1.52 bits per heavy atom. The molecule has 124 valence electrons. The lowest BCUT2D eigenvalue weighted by Crippen LogP contribution is -2.55. The van der Waals surface area contributed by atoms with Gasteiger partial charge in [-0.15, -0.1) is 0 Å². The molecule has 6 bridgehead atoms. The van der Waals surface area contributed by atoms with Crippen molar-refractivity contribution in [2.75, 3.05) is 6.54 Å². The smallest absolute Gasteiger partial charge is 0.235 e. The van der Waals surface area contributed by atoms with Crippen molar-refractivity contribution in [2.45, 2.75) is 57.8 Å².